The molecule has 0 spiro atoms. The van der Waals surface area contributed by atoms with Crippen LogP contribution >= 0.6 is 15.9 Å². The summed E-state index contributed by atoms with van der Waals surface area (Å²) in [5.41, 5.74) is 1.10. The third-order valence-corrected chi connectivity index (χ3v) is 3.76. The first-order chi connectivity index (χ1) is 9.58. The van der Waals surface area contributed by atoms with Gasteiger partial charge >= 0.3 is 0 Å². The highest BCUT2D eigenvalue weighted by Crippen LogP contribution is 2.16. The van der Waals surface area contributed by atoms with Crippen LogP contribution < -0.4 is 5.32 Å². The van der Waals surface area contributed by atoms with E-state index in [1.54, 1.807) is 0 Å². The Bertz CT molecular complexity index is 367. The van der Waals surface area contributed by atoms with Crippen LogP contribution in [0, 0.1) is 5.92 Å². The minimum Gasteiger partial charge on any atom is -0.377 e. The molecule has 0 aliphatic carbocycles. The molecule has 0 aliphatic heterocycles. The third-order valence-electron chi connectivity index (χ3n) is 3.29. The van der Waals surface area contributed by atoms with Crippen LogP contribution in [0.5, 0.6) is 0 Å². The zero-order valence-corrected chi connectivity index (χ0v) is 14.6. The van der Waals surface area contributed by atoms with Gasteiger partial charge in [0.15, 0.2) is 0 Å². The predicted octanol–water partition coefficient (Wildman–Crippen LogP) is 3.82. The Morgan fingerprint density at radius 1 is 1.30 bits per heavy atom. The molecule has 1 N–H and O–H groups in total. The lowest BCUT2D eigenvalue weighted by molar-refractivity contribution is 0.00341. The summed E-state index contributed by atoms with van der Waals surface area (Å²) in [6.07, 6.45) is 4.10. The molecule has 1 aromatic heterocycles. The standard InChI is InChI=1S/C16H27BrN2O/c1-5-9-18-15(16(12(3)4)20-6-2)10-14-8-7-13(17)11-19-14/h7-8,11-12,15-16,18H,5-6,9-10H2,1-4H3. The summed E-state index contributed by atoms with van der Waals surface area (Å²) in [6.45, 7) is 10.4. The van der Waals surface area contributed by atoms with Crippen molar-refractivity contribution in [3.05, 3.63) is 28.5 Å². The molecule has 0 aromatic carbocycles. The first-order valence-corrected chi connectivity index (χ1v) is 8.33. The molecule has 1 heterocycles. The fourth-order valence-corrected chi connectivity index (χ4v) is 2.59. The average Bonchev–Trinajstić information content (AvgIpc) is 2.43. The van der Waals surface area contributed by atoms with Gasteiger partial charge in [0.25, 0.3) is 0 Å². The highest BCUT2D eigenvalue weighted by atomic mass is 79.9. The molecular weight excluding hydrogens is 316 g/mol. The number of hydrogen-bond donors (Lipinski definition) is 1. The summed E-state index contributed by atoms with van der Waals surface area (Å²) >= 11 is 3.43. The van der Waals surface area contributed by atoms with Crippen LogP contribution in [0.4, 0.5) is 0 Å². The number of pyridine rings is 1. The van der Waals surface area contributed by atoms with E-state index in [4.69, 9.17) is 4.74 Å². The van der Waals surface area contributed by atoms with Gasteiger partial charge in [0.2, 0.25) is 0 Å². The maximum absolute atomic E-state index is 5.96. The zero-order valence-electron chi connectivity index (χ0n) is 13.0. The lowest BCUT2D eigenvalue weighted by atomic mass is 9.95. The second kappa shape index (κ2) is 9.48. The molecule has 0 aliphatic rings. The van der Waals surface area contributed by atoms with Gasteiger partial charge in [-0.1, -0.05) is 20.8 Å². The fourth-order valence-electron chi connectivity index (χ4n) is 2.35. The molecule has 20 heavy (non-hydrogen) atoms. The lowest BCUT2D eigenvalue weighted by Crippen LogP contribution is -2.46. The third kappa shape index (κ3) is 5.90. The predicted molar refractivity (Wildman–Crippen MR) is 88.0 cm³/mol. The van der Waals surface area contributed by atoms with E-state index >= 15 is 0 Å². The summed E-state index contributed by atoms with van der Waals surface area (Å²) in [7, 11) is 0. The van der Waals surface area contributed by atoms with E-state index in [9.17, 15) is 0 Å². The summed E-state index contributed by atoms with van der Waals surface area (Å²) < 4.78 is 6.98. The Balaban J connectivity index is 2.78. The second-order valence-electron chi connectivity index (χ2n) is 5.40. The van der Waals surface area contributed by atoms with Crippen LogP contribution in [-0.4, -0.2) is 30.3 Å². The molecule has 0 radical (unpaired) electrons. The van der Waals surface area contributed by atoms with E-state index in [1.807, 2.05) is 12.3 Å². The van der Waals surface area contributed by atoms with Crippen molar-refractivity contribution in [2.24, 2.45) is 5.92 Å². The molecule has 1 aromatic rings. The molecule has 0 saturated carbocycles. The van der Waals surface area contributed by atoms with Gasteiger partial charge in [0, 0.05) is 35.4 Å². The van der Waals surface area contributed by atoms with Crippen molar-refractivity contribution in [1.82, 2.24) is 10.3 Å². The largest absolute Gasteiger partial charge is 0.377 e. The number of nitrogens with one attached hydrogen (secondary N) is 1. The van der Waals surface area contributed by atoms with Crippen LogP contribution in [0.15, 0.2) is 22.8 Å². The topological polar surface area (TPSA) is 34.2 Å². The summed E-state index contributed by atoms with van der Waals surface area (Å²) in [4.78, 5) is 4.49. The molecule has 2 unspecified atom stereocenters. The SMILES string of the molecule is CCCNC(Cc1ccc(Br)cn1)C(OCC)C(C)C. The molecule has 3 nitrogen and oxygen atoms in total. The molecule has 0 saturated heterocycles. The number of aromatic nitrogens is 1. The van der Waals surface area contributed by atoms with Gasteiger partial charge in [0.05, 0.1) is 6.10 Å². The average molecular weight is 343 g/mol. The van der Waals surface area contributed by atoms with Gasteiger partial charge in [-0.25, -0.2) is 0 Å². The van der Waals surface area contributed by atoms with Crippen LogP contribution in [0.2, 0.25) is 0 Å². The Labute approximate surface area is 131 Å². The van der Waals surface area contributed by atoms with Crippen LogP contribution in [0.1, 0.15) is 39.8 Å². The molecule has 114 valence electrons. The Morgan fingerprint density at radius 3 is 2.55 bits per heavy atom. The Hall–Kier alpha value is -0.450. The number of ether oxygens (including phenoxy) is 1. The molecule has 1 rings (SSSR count). The van der Waals surface area contributed by atoms with Crippen molar-refractivity contribution in [2.75, 3.05) is 13.2 Å². The van der Waals surface area contributed by atoms with E-state index in [0.29, 0.717) is 12.0 Å². The molecule has 2 atom stereocenters. The van der Waals surface area contributed by atoms with Gasteiger partial charge < -0.3 is 10.1 Å². The van der Waals surface area contributed by atoms with E-state index in [0.717, 1.165) is 36.2 Å². The van der Waals surface area contributed by atoms with Gasteiger partial charge in [-0.3, -0.25) is 4.98 Å². The van der Waals surface area contributed by atoms with Crippen molar-refractivity contribution >= 4 is 15.9 Å². The molecule has 0 fully saturated rings. The van der Waals surface area contributed by atoms with Crippen molar-refractivity contribution in [3.8, 4) is 0 Å². The van der Waals surface area contributed by atoms with Gasteiger partial charge in [-0.15, -0.1) is 0 Å². The van der Waals surface area contributed by atoms with Crippen molar-refractivity contribution < 1.29 is 4.74 Å². The molecule has 4 heteroatoms. The van der Waals surface area contributed by atoms with E-state index in [2.05, 4.69) is 60.0 Å². The first kappa shape index (κ1) is 17.6. The van der Waals surface area contributed by atoms with Gasteiger partial charge in [-0.05, 0) is 53.9 Å². The molecule has 0 bridgehead atoms. The van der Waals surface area contributed by atoms with E-state index in [1.165, 1.54) is 0 Å². The monoisotopic (exact) mass is 342 g/mol. The van der Waals surface area contributed by atoms with Crippen LogP contribution in [0.3, 0.4) is 0 Å². The second-order valence-corrected chi connectivity index (χ2v) is 6.31. The highest BCUT2D eigenvalue weighted by molar-refractivity contribution is 9.10. The fraction of sp³-hybridized carbons (Fsp3) is 0.688. The van der Waals surface area contributed by atoms with Crippen molar-refractivity contribution in [1.29, 1.82) is 0 Å². The summed E-state index contributed by atoms with van der Waals surface area (Å²) in [6, 6.07) is 4.43. The number of halogens is 1. The van der Waals surface area contributed by atoms with E-state index < -0.39 is 0 Å². The quantitative estimate of drug-likeness (QED) is 0.740. The smallest absolute Gasteiger partial charge is 0.0754 e. The maximum atomic E-state index is 5.96. The Morgan fingerprint density at radius 2 is 2.05 bits per heavy atom. The molecular formula is C16H27BrN2O. The van der Waals surface area contributed by atoms with Crippen LogP contribution in [0.25, 0.3) is 0 Å². The van der Waals surface area contributed by atoms with Crippen molar-refractivity contribution in [2.45, 2.75) is 52.7 Å². The van der Waals surface area contributed by atoms with E-state index in [-0.39, 0.29) is 6.10 Å². The van der Waals surface area contributed by atoms with Gasteiger partial charge in [-0.2, -0.15) is 0 Å². The summed E-state index contributed by atoms with van der Waals surface area (Å²) in [5, 5.41) is 3.62. The summed E-state index contributed by atoms with van der Waals surface area (Å²) in [5.74, 6) is 0.486. The Kier molecular flexibility index (Phi) is 8.34. The minimum absolute atomic E-state index is 0.219. The number of hydrogen-bond acceptors (Lipinski definition) is 3. The number of rotatable bonds is 9. The highest BCUT2D eigenvalue weighted by Gasteiger charge is 2.25. The maximum Gasteiger partial charge on any atom is 0.0754 e. The molecule has 0 amide bonds. The lowest BCUT2D eigenvalue weighted by Gasteiger charge is -2.30. The number of nitrogens with zero attached hydrogens (tertiary/aromatic N) is 1. The minimum atomic E-state index is 0.219. The van der Waals surface area contributed by atoms with Crippen LogP contribution in [-0.2, 0) is 11.2 Å². The van der Waals surface area contributed by atoms with Crippen molar-refractivity contribution in [3.63, 3.8) is 0 Å². The normalized spacial score (nSPS) is 14.5. The zero-order chi connectivity index (χ0) is 15.0. The van der Waals surface area contributed by atoms with Gasteiger partial charge in [0.1, 0.15) is 0 Å². The first-order valence-electron chi connectivity index (χ1n) is 7.53.